The first-order valence-electron chi connectivity index (χ1n) is 8.66. The Kier molecular flexibility index (Phi) is 6.16. The maximum Gasteiger partial charge on any atom is 0.271 e. The molecular weight excluding hydrogens is 330 g/mol. The Morgan fingerprint density at radius 3 is 2.88 bits per heavy atom. The maximum atomic E-state index is 12.2. The molecule has 136 valence electrons. The molecule has 0 radical (unpaired) electrons. The maximum absolute atomic E-state index is 12.2. The van der Waals surface area contributed by atoms with Crippen LogP contribution in [0.2, 0.25) is 0 Å². The van der Waals surface area contributed by atoms with Crippen molar-refractivity contribution in [1.29, 1.82) is 0 Å². The standard InChI is InChI=1S/C19H23N5O2/c1-26-10-4-8-20-18-13-23-17(12-24-18)19(25)21-9-7-14-11-22-16-6-3-2-5-15(14)16/h2-3,5-6,11-13,22H,4,7-10H2,1H3,(H,20,24)(H,21,25). The second kappa shape index (κ2) is 8.96. The van der Waals surface area contributed by atoms with Gasteiger partial charge in [0.25, 0.3) is 5.91 Å². The van der Waals surface area contributed by atoms with E-state index in [-0.39, 0.29) is 5.91 Å². The molecule has 3 aromatic rings. The van der Waals surface area contributed by atoms with E-state index >= 15 is 0 Å². The van der Waals surface area contributed by atoms with Gasteiger partial charge in [0.05, 0.1) is 12.4 Å². The van der Waals surface area contributed by atoms with Crippen molar-refractivity contribution in [3.8, 4) is 0 Å². The van der Waals surface area contributed by atoms with Crippen molar-refractivity contribution in [1.82, 2.24) is 20.3 Å². The number of para-hydroxylation sites is 1. The number of amides is 1. The van der Waals surface area contributed by atoms with E-state index in [2.05, 4.69) is 31.7 Å². The molecule has 3 N–H and O–H groups in total. The summed E-state index contributed by atoms with van der Waals surface area (Å²) in [6.07, 6.45) is 6.68. The minimum absolute atomic E-state index is 0.219. The van der Waals surface area contributed by atoms with Crippen LogP contribution in [0.15, 0.2) is 42.9 Å². The summed E-state index contributed by atoms with van der Waals surface area (Å²) in [7, 11) is 1.67. The largest absolute Gasteiger partial charge is 0.385 e. The number of rotatable bonds is 9. The number of carbonyl (C=O) groups excluding carboxylic acids is 1. The van der Waals surface area contributed by atoms with E-state index in [1.54, 1.807) is 13.3 Å². The van der Waals surface area contributed by atoms with Gasteiger partial charge < -0.3 is 20.4 Å². The Labute approximate surface area is 152 Å². The molecule has 0 unspecified atom stereocenters. The first kappa shape index (κ1) is 17.9. The Bertz CT molecular complexity index is 845. The molecule has 0 bridgehead atoms. The Balaban J connectivity index is 1.47. The van der Waals surface area contributed by atoms with Gasteiger partial charge in [-0.15, -0.1) is 0 Å². The van der Waals surface area contributed by atoms with Crippen molar-refractivity contribution in [2.24, 2.45) is 0 Å². The van der Waals surface area contributed by atoms with Crippen LogP contribution in [0.4, 0.5) is 5.82 Å². The SMILES string of the molecule is COCCCNc1cnc(C(=O)NCCc2c[nH]c3ccccc23)cn1. The van der Waals surface area contributed by atoms with Crippen molar-refractivity contribution >= 4 is 22.6 Å². The summed E-state index contributed by atoms with van der Waals surface area (Å²) in [6.45, 7) is 1.98. The van der Waals surface area contributed by atoms with Crippen molar-refractivity contribution in [2.45, 2.75) is 12.8 Å². The molecule has 2 heterocycles. The van der Waals surface area contributed by atoms with Crippen LogP contribution in [0.1, 0.15) is 22.5 Å². The number of ether oxygens (including phenoxy) is 1. The van der Waals surface area contributed by atoms with Gasteiger partial charge >= 0.3 is 0 Å². The molecule has 0 aliphatic rings. The normalized spacial score (nSPS) is 10.8. The van der Waals surface area contributed by atoms with Crippen LogP contribution < -0.4 is 10.6 Å². The highest BCUT2D eigenvalue weighted by molar-refractivity contribution is 5.92. The van der Waals surface area contributed by atoms with Crippen LogP contribution in [0, 0.1) is 0 Å². The molecule has 7 heteroatoms. The minimum Gasteiger partial charge on any atom is -0.385 e. The number of hydrogen-bond donors (Lipinski definition) is 3. The van der Waals surface area contributed by atoms with Gasteiger partial charge in [-0.25, -0.2) is 9.97 Å². The highest BCUT2D eigenvalue weighted by atomic mass is 16.5. The topological polar surface area (TPSA) is 91.9 Å². The third-order valence-electron chi connectivity index (χ3n) is 4.07. The quantitative estimate of drug-likeness (QED) is 0.514. The predicted molar refractivity (Wildman–Crippen MR) is 101 cm³/mol. The van der Waals surface area contributed by atoms with Crippen molar-refractivity contribution in [3.05, 3.63) is 54.1 Å². The molecule has 0 saturated carbocycles. The van der Waals surface area contributed by atoms with Crippen molar-refractivity contribution in [3.63, 3.8) is 0 Å². The molecule has 2 aromatic heterocycles. The fraction of sp³-hybridized carbons (Fsp3) is 0.316. The summed E-state index contributed by atoms with van der Waals surface area (Å²) in [5.74, 6) is 0.430. The van der Waals surface area contributed by atoms with Crippen molar-refractivity contribution in [2.75, 3.05) is 32.1 Å². The number of hydrogen-bond acceptors (Lipinski definition) is 5. The lowest BCUT2D eigenvalue weighted by Gasteiger charge is -2.06. The fourth-order valence-electron chi connectivity index (χ4n) is 2.71. The summed E-state index contributed by atoms with van der Waals surface area (Å²) in [5.41, 5.74) is 2.60. The first-order chi connectivity index (χ1) is 12.8. The molecule has 1 amide bonds. The predicted octanol–water partition coefficient (Wildman–Crippen LogP) is 2.38. The summed E-state index contributed by atoms with van der Waals surface area (Å²) in [6, 6.07) is 8.13. The van der Waals surface area contributed by atoms with Crippen LogP contribution in [0.3, 0.4) is 0 Å². The Hall–Kier alpha value is -2.93. The van der Waals surface area contributed by atoms with E-state index in [0.717, 1.165) is 24.9 Å². The van der Waals surface area contributed by atoms with E-state index in [1.807, 2.05) is 24.4 Å². The number of nitrogens with zero attached hydrogens (tertiary/aromatic N) is 2. The number of methoxy groups -OCH3 is 1. The number of anilines is 1. The third-order valence-corrected chi connectivity index (χ3v) is 4.07. The van der Waals surface area contributed by atoms with Crippen LogP contribution >= 0.6 is 0 Å². The number of aromatic nitrogens is 3. The number of carbonyl (C=O) groups is 1. The van der Waals surface area contributed by atoms with Gasteiger partial charge in [-0.05, 0) is 24.5 Å². The van der Waals surface area contributed by atoms with Crippen LogP contribution in [-0.4, -0.2) is 47.7 Å². The average molecular weight is 353 g/mol. The van der Waals surface area contributed by atoms with E-state index in [4.69, 9.17) is 4.74 Å². The lowest BCUT2D eigenvalue weighted by Crippen LogP contribution is -2.26. The molecule has 26 heavy (non-hydrogen) atoms. The zero-order valence-corrected chi connectivity index (χ0v) is 14.8. The summed E-state index contributed by atoms with van der Waals surface area (Å²) >= 11 is 0. The van der Waals surface area contributed by atoms with Gasteiger partial charge in [0.1, 0.15) is 11.5 Å². The molecule has 7 nitrogen and oxygen atoms in total. The number of H-pyrrole nitrogens is 1. The Morgan fingerprint density at radius 1 is 1.19 bits per heavy atom. The molecule has 0 fully saturated rings. The molecule has 0 saturated heterocycles. The van der Waals surface area contributed by atoms with Crippen LogP contribution in [-0.2, 0) is 11.2 Å². The van der Waals surface area contributed by atoms with Gasteiger partial charge in [-0.3, -0.25) is 4.79 Å². The summed E-state index contributed by atoms with van der Waals surface area (Å²) in [4.78, 5) is 23.8. The lowest BCUT2D eigenvalue weighted by molar-refractivity contribution is 0.0949. The van der Waals surface area contributed by atoms with Gasteiger partial charge in [0.2, 0.25) is 0 Å². The third kappa shape index (κ3) is 4.58. The van der Waals surface area contributed by atoms with Crippen LogP contribution in [0.5, 0.6) is 0 Å². The second-order valence-electron chi connectivity index (χ2n) is 5.93. The van der Waals surface area contributed by atoms with E-state index in [1.165, 1.54) is 17.1 Å². The monoisotopic (exact) mass is 353 g/mol. The molecule has 0 aliphatic carbocycles. The molecule has 1 aromatic carbocycles. The summed E-state index contributed by atoms with van der Waals surface area (Å²) < 4.78 is 4.99. The average Bonchev–Trinajstić information content (AvgIpc) is 3.09. The van der Waals surface area contributed by atoms with Gasteiger partial charge in [-0.1, -0.05) is 18.2 Å². The molecular formula is C19H23N5O2. The summed E-state index contributed by atoms with van der Waals surface area (Å²) in [5, 5.41) is 7.21. The van der Waals surface area contributed by atoms with Crippen molar-refractivity contribution < 1.29 is 9.53 Å². The highest BCUT2D eigenvalue weighted by Crippen LogP contribution is 2.17. The van der Waals surface area contributed by atoms with E-state index in [9.17, 15) is 4.79 Å². The minimum atomic E-state index is -0.219. The molecule has 0 spiro atoms. The number of aromatic amines is 1. The Morgan fingerprint density at radius 2 is 2.08 bits per heavy atom. The highest BCUT2D eigenvalue weighted by Gasteiger charge is 2.08. The zero-order chi connectivity index (χ0) is 18.2. The second-order valence-corrected chi connectivity index (χ2v) is 5.93. The van der Waals surface area contributed by atoms with Gasteiger partial charge in [0, 0.05) is 43.9 Å². The molecule has 0 aliphatic heterocycles. The van der Waals surface area contributed by atoms with Gasteiger partial charge in [-0.2, -0.15) is 0 Å². The number of nitrogens with one attached hydrogen (secondary N) is 3. The smallest absolute Gasteiger partial charge is 0.271 e. The van der Waals surface area contributed by atoms with E-state index < -0.39 is 0 Å². The fourth-order valence-corrected chi connectivity index (χ4v) is 2.71. The molecule has 0 atom stereocenters. The van der Waals surface area contributed by atoms with Gasteiger partial charge in [0.15, 0.2) is 0 Å². The first-order valence-corrected chi connectivity index (χ1v) is 8.66. The number of fused-ring (bicyclic) bond motifs is 1. The lowest BCUT2D eigenvalue weighted by atomic mass is 10.1. The van der Waals surface area contributed by atoms with Crippen LogP contribution in [0.25, 0.3) is 10.9 Å². The zero-order valence-electron chi connectivity index (χ0n) is 14.8. The van der Waals surface area contributed by atoms with E-state index in [0.29, 0.717) is 24.7 Å². The molecule has 3 rings (SSSR count). The number of benzene rings is 1.